The molecule has 0 saturated heterocycles. The number of rotatable bonds is 9. The van der Waals surface area contributed by atoms with Crippen molar-refractivity contribution in [2.24, 2.45) is 0 Å². The van der Waals surface area contributed by atoms with Gasteiger partial charge in [0, 0.05) is 19.0 Å². The van der Waals surface area contributed by atoms with Gasteiger partial charge < -0.3 is 24.1 Å². The maximum absolute atomic E-state index is 12.0. The molecule has 3 aromatic rings. The summed E-state index contributed by atoms with van der Waals surface area (Å²) in [7, 11) is 3.19. The lowest BCUT2D eigenvalue weighted by Gasteiger charge is -2.10. The largest absolute Gasteiger partial charge is 0.493 e. The van der Waals surface area contributed by atoms with E-state index >= 15 is 0 Å². The smallest absolute Gasteiger partial charge is 0.257 e. The van der Waals surface area contributed by atoms with Gasteiger partial charge in [-0.25, -0.2) is 0 Å². The molecule has 1 N–H and O–H groups in total. The Balaban J connectivity index is 1.43. The molecule has 8 heteroatoms. The Labute approximate surface area is 168 Å². The summed E-state index contributed by atoms with van der Waals surface area (Å²) >= 11 is 0. The molecule has 0 fully saturated rings. The second-order valence-electron chi connectivity index (χ2n) is 6.24. The molecule has 0 aliphatic heterocycles. The Morgan fingerprint density at radius 3 is 2.48 bits per heavy atom. The van der Waals surface area contributed by atoms with Crippen molar-refractivity contribution < 1.29 is 23.5 Å². The van der Waals surface area contributed by atoms with Crippen LogP contribution < -0.4 is 19.5 Å². The highest BCUT2D eigenvalue weighted by Crippen LogP contribution is 2.27. The minimum atomic E-state index is -0.191. The molecule has 2 aromatic carbocycles. The lowest BCUT2D eigenvalue weighted by molar-refractivity contribution is -0.123. The van der Waals surface area contributed by atoms with Gasteiger partial charge >= 0.3 is 0 Å². The van der Waals surface area contributed by atoms with Crippen molar-refractivity contribution in [3.63, 3.8) is 0 Å². The highest BCUT2D eigenvalue weighted by atomic mass is 16.5. The summed E-state index contributed by atoms with van der Waals surface area (Å²) in [6, 6.07) is 12.8. The van der Waals surface area contributed by atoms with Gasteiger partial charge in [0.1, 0.15) is 5.75 Å². The molecule has 0 bridgehead atoms. The van der Waals surface area contributed by atoms with Crippen LogP contribution in [0, 0.1) is 6.92 Å². The van der Waals surface area contributed by atoms with E-state index in [4.69, 9.17) is 18.7 Å². The van der Waals surface area contributed by atoms with Gasteiger partial charge in [-0.1, -0.05) is 11.2 Å². The molecule has 0 atom stereocenters. The SMILES string of the molecule is COc1ccc(CCNC(=O)COc2ccc(-c3noc(C)n3)cc2)cc1OC. The molecule has 1 amide bonds. The second kappa shape index (κ2) is 9.59. The van der Waals surface area contributed by atoms with Gasteiger partial charge in [-0.15, -0.1) is 0 Å². The van der Waals surface area contributed by atoms with E-state index in [9.17, 15) is 4.79 Å². The number of ether oxygens (including phenoxy) is 3. The molecule has 0 saturated carbocycles. The first-order valence-corrected chi connectivity index (χ1v) is 9.10. The molecule has 152 valence electrons. The summed E-state index contributed by atoms with van der Waals surface area (Å²) in [5.74, 6) is 2.76. The molecular formula is C21H23N3O5. The number of hydrogen-bond donors (Lipinski definition) is 1. The van der Waals surface area contributed by atoms with Crippen molar-refractivity contribution in [1.29, 1.82) is 0 Å². The van der Waals surface area contributed by atoms with E-state index in [0.29, 0.717) is 41.9 Å². The second-order valence-corrected chi connectivity index (χ2v) is 6.24. The van der Waals surface area contributed by atoms with Crippen LogP contribution in [0.15, 0.2) is 47.0 Å². The molecule has 0 spiro atoms. The molecule has 29 heavy (non-hydrogen) atoms. The minimum absolute atomic E-state index is 0.0629. The standard InChI is InChI=1S/C21H23N3O5/c1-14-23-21(24-29-14)16-5-7-17(8-6-16)28-13-20(25)22-11-10-15-4-9-18(26-2)19(12-15)27-3/h4-9,12H,10-11,13H2,1-3H3,(H,22,25). The number of benzene rings is 2. The highest BCUT2D eigenvalue weighted by Gasteiger charge is 2.08. The average molecular weight is 397 g/mol. The van der Waals surface area contributed by atoms with Crippen molar-refractivity contribution in [2.45, 2.75) is 13.3 Å². The summed E-state index contributed by atoms with van der Waals surface area (Å²) in [5, 5.41) is 6.70. The number of methoxy groups -OCH3 is 2. The molecule has 3 rings (SSSR count). The van der Waals surface area contributed by atoms with Gasteiger partial charge in [-0.05, 0) is 48.4 Å². The molecule has 1 heterocycles. The van der Waals surface area contributed by atoms with Crippen molar-refractivity contribution in [2.75, 3.05) is 27.4 Å². The number of nitrogens with one attached hydrogen (secondary N) is 1. The van der Waals surface area contributed by atoms with Crippen LogP contribution in [0.5, 0.6) is 17.2 Å². The van der Waals surface area contributed by atoms with Gasteiger partial charge in [0.15, 0.2) is 18.1 Å². The zero-order chi connectivity index (χ0) is 20.6. The van der Waals surface area contributed by atoms with Gasteiger partial charge in [0.25, 0.3) is 5.91 Å². The summed E-state index contributed by atoms with van der Waals surface area (Å²) in [4.78, 5) is 16.2. The Morgan fingerprint density at radius 2 is 1.83 bits per heavy atom. The third-order valence-corrected chi connectivity index (χ3v) is 4.19. The first-order valence-electron chi connectivity index (χ1n) is 9.10. The summed E-state index contributed by atoms with van der Waals surface area (Å²) < 4.78 is 21.0. The highest BCUT2D eigenvalue weighted by molar-refractivity contribution is 5.77. The molecule has 0 unspecified atom stereocenters. The van der Waals surface area contributed by atoms with E-state index in [0.717, 1.165) is 11.1 Å². The number of aryl methyl sites for hydroxylation is 1. The number of carbonyl (C=O) groups excluding carboxylic acids is 1. The Bertz CT molecular complexity index is 953. The van der Waals surface area contributed by atoms with Gasteiger partial charge in [-0.2, -0.15) is 4.98 Å². The van der Waals surface area contributed by atoms with Crippen LogP contribution in [-0.2, 0) is 11.2 Å². The monoisotopic (exact) mass is 397 g/mol. The van der Waals surface area contributed by atoms with Crippen LogP contribution in [0.1, 0.15) is 11.5 Å². The third kappa shape index (κ3) is 5.47. The van der Waals surface area contributed by atoms with Crippen LogP contribution in [0.2, 0.25) is 0 Å². The topological polar surface area (TPSA) is 95.7 Å². The van der Waals surface area contributed by atoms with Crippen molar-refractivity contribution in [1.82, 2.24) is 15.5 Å². The lowest BCUT2D eigenvalue weighted by atomic mass is 10.1. The number of nitrogens with zero attached hydrogens (tertiary/aromatic N) is 2. The lowest BCUT2D eigenvalue weighted by Crippen LogP contribution is -2.30. The van der Waals surface area contributed by atoms with Gasteiger partial charge in [0.05, 0.1) is 14.2 Å². The first-order chi connectivity index (χ1) is 14.1. The summed E-state index contributed by atoms with van der Waals surface area (Å²) in [5.41, 5.74) is 1.85. The van der Waals surface area contributed by atoms with Gasteiger partial charge in [0.2, 0.25) is 11.7 Å². The zero-order valence-corrected chi connectivity index (χ0v) is 16.6. The van der Waals surface area contributed by atoms with E-state index < -0.39 is 0 Å². The number of amides is 1. The maximum Gasteiger partial charge on any atom is 0.257 e. The van der Waals surface area contributed by atoms with Crippen LogP contribution in [0.25, 0.3) is 11.4 Å². The zero-order valence-electron chi connectivity index (χ0n) is 16.6. The quantitative estimate of drug-likeness (QED) is 0.593. The van der Waals surface area contributed by atoms with Crippen molar-refractivity contribution in [3.05, 3.63) is 53.9 Å². The predicted molar refractivity (Wildman–Crippen MR) is 106 cm³/mol. The number of hydrogen-bond acceptors (Lipinski definition) is 7. The molecule has 0 radical (unpaired) electrons. The average Bonchev–Trinajstić information content (AvgIpc) is 3.18. The first kappa shape index (κ1) is 20.2. The van der Waals surface area contributed by atoms with Crippen LogP contribution >= 0.6 is 0 Å². The Morgan fingerprint density at radius 1 is 1.07 bits per heavy atom. The Hall–Kier alpha value is -3.55. The fourth-order valence-electron chi connectivity index (χ4n) is 2.70. The van der Waals surface area contributed by atoms with Gasteiger partial charge in [-0.3, -0.25) is 4.79 Å². The molecule has 8 nitrogen and oxygen atoms in total. The number of aromatic nitrogens is 2. The van der Waals surface area contributed by atoms with E-state index in [2.05, 4.69) is 15.5 Å². The van der Waals surface area contributed by atoms with Crippen molar-refractivity contribution in [3.8, 4) is 28.6 Å². The summed E-state index contributed by atoms with van der Waals surface area (Å²) in [6.45, 7) is 2.16. The molecule has 0 aliphatic carbocycles. The molecular weight excluding hydrogens is 374 g/mol. The van der Waals surface area contributed by atoms with Crippen LogP contribution in [-0.4, -0.2) is 43.4 Å². The van der Waals surface area contributed by atoms with E-state index in [1.165, 1.54) is 0 Å². The third-order valence-electron chi connectivity index (χ3n) is 4.19. The Kier molecular flexibility index (Phi) is 6.67. The fourth-order valence-corrected chi connectivity index (χ4v) is 2.70. The summed E-state index contributed by atoms with van der Waals surface area (Å²) in [6.07, 6.45) is 0.672. The molecule has 1 aromatic heterocycles. The molecule has 0 aliphatic rings. The maximum atomic E-state index is 12.0. The van der Waals surface area contributed by atoms with E-state index in [1.54, 1.807) is 33.3 Å². The fraction of sp³-hybridized carbons (Fsp3) is 0.286. The number of carbonyl (C=O) groups is 1. The predicted octanol–water partition coefficient (Wildman–Crippen LogP) is 2.80. The minimum Gasteiger partial charge on any atom is -0.493 e. The van der Waals surface area contributed by atoms with Crippen molar-refractivity contribution >= 4 is 5.91 Å². The van der Waals surface area contributed by atoms with E-state index in [1.807, 2.05) is 30.3 Å². The van der Waals surface area contributed by atoms with E-state index in [-0.39, 0.29) is 12.5 Å². The van der Waals surface area contributed by atoms with Crippen LogP contribution in [0.3, 0.4) is 0 Å². The van der Waals surface area contributed by atoms with Crippen LogP contribution in [0.4, 0.5) is 0 Å². The normalized spacial score (nSPS) is 10.4.